The second kappa shape index (κ2) is 9.05. The van der Waals surface area contributed by atoms with Gasteiger partial charge >= 0.3 is 27.5 Å². The van der Waals surface area contributed by atoms with Crippen molar-refractivity contribution in [2.75, 3.05) is 13.2 Å². The standard InChI is InChI=1S/C18H32F4O6S/c1-8-14(3,4)12-16(7,15(5,6)9-2)13(23)27-10-11-28-17(19,20)18(21,22)29(24,25)26/h8-12H2,1-7H3,(H,24,25,26). The van der Waals surface area contributed by atoms with Crippen LogP contribution in [0.4, 0.5) is 17.6 Å². The van der Waals surface area contributed by atoms with Crippen molar-refractivity contribution in [1.82, 2.24) is 0 Å². The molecular weight excluding hydrogens is 420 g/mol. The average molecular weight is 453 g/mol. The lowest BCUT2D eigenvalue weighted by Gasteiger charge is -2.45. The van der Waals surface area contributed by atoms with E-state index in [4.69, 9.17) is 9.29 Å². The molecule has 0 radical (unpaired) electrons. The molecule has 0 saturated carbocycles. The molecule has 0 bridgehead atoms. The Kier molecular flexibility index (Phi) is 8.76. The van der Waals surface area contributed by atoms with Gasteiger partial charge in [0.05, 0.1) is 12.0 Å². The first-order chi connectivity index (χ1) is 12.7. The molecule has 0 spiro atoms. The van der Waals surface area contributed by atoms with E-state index >= 15 is 0 Å². The molecule has 0 heterocycles. The van der Waals surface area contributed by atoms with Crippen LogP contribution >= 0.6 is 0 Å². The van der Waals surface area contributed by atoms with Gasteiger partial charge in [0.15, 0.2) is 0 Å². The summed E-state index contributed by atoms with van der Waals surface area (Å²) in [5.41, 5.74) is -1.73. The highest BCUT2D eigenvalue weighted by atomic mass is 32.2. The molecular formula is C18H32F4O6S. The predicted molar refractivity (Wildman–Crippen MR) is 99.2 cm³/mol. The minimum Gasteiger partial charge on any atom is -0.463 e. The molecule has 0 aliphatic carbocycles. The second-order valence-electron chi connectivity index (χ2n) is 8.76. The molecule has 0 amide bonds. The Morgan fingerprint density at radius 2 is 1.41 bits per heavy atom. The summed E-state index contributed by atoms with van der Waals surface area (Å²) in [6.45, 7) is 11.3. The van der Waals surface area contributed by atoms with Crippen molar-refractivity contribution in [1.29, 1.82) is 0 Å². The highest BCUT2D eigenvalue weighted by Gasteiger charge is 2.67. The Balaban J connectivity index is 5.25. The van der Waals surface area contributed by atoms with Gasteiger partial charge in [0.1, 0.15) is 6.61 Å². The van der Waals surface area contributed by atoms with Crippen LogP contribution in [0, 0.1) is 16.2 Å². The first-order valence-electron chi connectivity index (χ1n) is 9.24. The third-order valence-electron chi connectivity index (χ3n) is 5.88. The molecule has 0 aliphatic heterocycles. The fourth-order valence-electron chi connectivity index (χ4n) is 2.76. The summed E-state index contributed by atoms with van der Waals surface area (Å²) in [7, 11) is -6.40. The number of hydrogen-bond donors (Lipinski definition) is 1. The van der Waals surface area contributed by atoms with Crippen molar-refractivity contribution in [3.63, 3.8) is 0 Å². The molecule has 0 aromatic heterocycles. The highest BCUT2D eigenvalue weighted by molar-refractivity contribution is 7.86. The third kappa shape index (κ3) is 6.27. The second-order valence-corrected chi connectivity index (χ2v) is 10.2. The lowest BCUT2D eigenvalue weighted by molar-refractivity contribution is -0.320. The number of esters is 1. The minimum absolute atomic E-state index is 0.221. The summed E-state index contributed by atoms with van der Waals surface area (Å²) in [5, 5.41) is -5.84. The molecule has 11 heteroatoms. The van der Waals surface area contributed by atoms with Crippen LogP contribution in [0.1, 0.15) is 67.7 Å². The van der Waals surface area contributed by atoms with Gasteiger partial charge < -0.3 is 9.47 Å². The quantitative estimate of drug-likeness (QED) is 0.196. The molecule has 0 aliphatic rings. The topological polar surface area (TPSA) is 89.9 Å². The number of rotatable bonds is 12. The predicted octanol–water partition coefficient (Wildman–Crippen LogP) is 4.89. The molecule has 1 unspecified atom stereocenters. The zero-order valence-electron chi connectivity index (χ0n) is 17.9. The van der Waals surface area contributed by atoms with Crippen LogP contribution in [0.25, 0.3) is 0 Å². The Morgan fingerprint density at radius 1 is 0.931 bits per heavy atom. The van der Waals surface area contributed by atoms with Gasteiger partial charge in [-0.1, -0.05) is 48.0 Å². The van der Waals surface area contributed by atoms with Crippen LogP contribution in [-0.4, -0.2) is 43.5 Å². The number of alkyl halides is 4. The fourth-order valence-corrected chi connectivity index (χ4v) is 3.12. The maximum Gasteiger partial charge on any atom is 0.459 e. The third-order valence-corrected chi connectivity index (χ3v) is 6.77. The van der Waals surface area contributed by atoms with Crippen molar-refractivity contribution in [3.05, 3.63) is 0 Å². The summed E-state index contributed by atoms with van der Waals surface area (Å²) >= 11 is 0. The van der Waals surface area contributed by atoms with Gasteiger partial charge in [-0.05, 0) is 30.6 Å². The lowest BCUT2D eigenvalue weighted by Crippen LogP contribution is -2.49. The van der Waals surface area contributed by atoms with Gasteiger partial charge in [-0.2, -0.15) is 26.0 Å². The SMILES string of the molecule is CCC(C)(C)CC(C)(C(=O)OCCOC(F)(F)C(F)(F)S(=O)(=O)O)C(C)(C)CC. The Hall–Kier alpha value is -0.940. The van der Waals surface area contributed by atoms with Crippen LogP contribution in [-0.2, 0) is 24.4 Å². The summed E-state index contributed by atoms with van der Waals surface area (Å²) in [5.74, 6) is -0.695. The van der Waals surface area contributed by atoms with E-state index in [1.54, 1.807) is 6.92 Å². The number of hydrogen-bond acceptors (Lipinski definition) is 5. The molecule has 6 nitrogen and oxygen atoms in total. The minimum atomic E-state index is -6.40. The van der Waals surface area contributed by atoms with Crippen molar-refractivity contribution in [3.8, 4) is 0 Å². The van der Waals surface area contributed by atoms with Crippen LogP contribution in [0.15, 0.2) is 0 Å². The van der Waals surface area contributed by atoms with E-state index in [9.17, 15) is 30.8 Å². The van der Waals surface area contributed by atoms with E-state index in [1.807, 2.05) is 41.5 Å². The van der Waals surface area contributed by atoms with Crippen LogP contribution < -0.4 is 0 Å². The van der Waals surface area contributed by atoms with Crippen LogP contribution in [0.2, 0.25) is 0 Å². The molecule has 0 fully saturated rings. The van der Waals surface area contributed by atoms with E-state index in [1.165, 1.54) is 0 Å². The molecule has 0 aromatic rings. The van der Waals surface area contributed by atoms with Crippen molar-refractivity contribution < 1.29 is 44.8 Å². The molecule has 1 atom stereocenters. The number of carbonyl (C=O) groups is 1. The Labute approximate surface area is 170 Å². The van der Waals surface area contributed by atoms with E-state index in [0.29, 0.717) is 12.8 Å². The normalized spacial score (nSPS) is 16.4. The van der Waals surface area contributed by atoms with Gasteiger partial charge in [-0.15, -0.1) is 0 Å². The van der Waals surface area contributed by atoms with E-state index < -0.39 is 51.5 Å². The first kappa shape index (κ1) is 28.1. The molecule has 0 aromatic carbocycles. The first-order valence-corrected chi connectivity index (χ1v) is 10.7. The van der Waals surface area contributed by atoms with Crippen molar-refractivity contribution in [2.24, 2.45) is 16.2 Å². The number of carbonyl (C=O) groups excluding carboxylic acids is 1. The summed E-state index contributed by atoms with van der Waals surface area (Å²) in [6, 6.07) is 0. The number of ether oxygens (including phenoxy) is 2. The molecule has 0 rings (SSSR count). The summed E-state index contributed by atoms with van der Waals surface area (Å²) < 4.78 is 90.6. The van der Waals surface area contributed by atoms with Crippen molar-refractivity contribution in [2.45, 2.75) is 79.1 Å². The Morgan fingerprint density at radius 3 is 1.79 bits per heavy atom. The molecule has 1 N–H and O–H groups in total. The maximum absolute atomic E-state index is 13.3. The van der Waals surface area contributed by atoms with E-state index in [-0.39, 0.29) is 5.41 Å². The van der Waals surface area contributed by atoms with E-state index in [0.717, 1.165) is 6.42 Å². The van der Waals surface area contributed by atoms with Gasteiger partial charge in [0, 0.05) is 0 Å². The zero-order chi connectivity index (χ0) is 23.5. The van der Waals surface area contributed by atoms with Crippen molar-refractivity contribution >= 4 is 16.1 Å². The molecule has 29 heavy (non-hydrogen) atoms. The summed E-state index contributed by atoms with van der Waals surface area (Å²) in [4.78, 5) is 12.8. The zero-order valence-corrected chi connectivity index (χ0v) is 18.8. The van der Waals surface area contributed by atoms with E-state index in [2.05, 4.69) is 4.74 Å². The average Bonchev–Trinajstić information content (AvgIpc) is 2.56. The van der Waals surface area contributed by atoms with Gasteiger partial charge in [0.25, 0.3) is 0 Å². The van der Waals surface area contributed by atoms with Gasteiger partial charge in [0.2, 0.25) is 0 Å². The maximum atomic E-state index is 13.3. The Bertz CT molecular complexity index is 676. The highest BCUT2D eigenvalue weighted by Crippen LogP contribution is 2.50. The smallest absolute Gasteiger partial charge is 0.459 e. The number of halogens is 4. The largest absolute Gasteiger partial charge is 0.463 e. The summed E-state index contributed by atoms with van der Waals surface area (Å²) in [6.07, 6.45) is -3.67. The lowest BCUT2D eigenvalue weighted by atomic mass is 9.58. The molecule has 0 saturated heterocycles. The van der Waals surface area contributed by atoms with Crippen LogP contribution in [0.3, 0.4) is 0 Å². The van der Waals surface area contributed by atoms with Gasteiger partial charge in [-0.25, -0.2) is 0 Å². The van der Waals surface area contributed by atoms with Gasteiger partial charge in [-0.3, -0.25) is 9.35 Å². The van der Waals surface area contributed by atoms with Crippen LogP contribution in [0.5, 0.6) is 0 Å². The monoisotopic (exact) mass is 452 g/mol. The fraction of sp³-hybridized carbons (Fsp3) is 0.944. The molecule has 174 valence electrons.